The van der Waals surface area contributed by atoms with Crippen molar-refractivity contribution in [1.29, 1.82) is 0 Å². The van der Waals surface area contributed by atoms with Crippen LogP contribution in [0.25, 0.3) is 0 Å². The Kier molecular flexibility index (Phi) is 5.61. The minimum absolute atomic E-state index is 0.184. The van der Waals surface area contributed by atoms with Crippen LogP contribution in [-0.4, -0.2) is 25.8 Å². The predicted molar refractivity (Wildman–Crippen MR) is 76.2 cm³/mol. The molecule has 1 heterocycles. The highest BCUT2D eigenvalue weighted by atomic mass is 35.5. The van der Waals surface area contributed by atoms with Gasteiger partial charge in [0.05, 0.1) is 11.1 Å². The lowest BCUT2D eigenvalue weighted by Gasteiger charge is -2.18. The molecule has 2 unspecified atom stereocenters. The van der Waals surface area contributed by atoms with Crippen LogP contribution in [0, 0.1) is 5.82 Å². The molecule has 2 atom stereocenters. The van der Waals surface area contributed by atoms with Crippen LogP contribution in [0.1, 0.15) is 31.2 Å². The molecule has 2 nitrogen and oxygen atoms in total. The maximum absolute atomic E-state index is 13.4. The minimum Gasteiger partial charge on any atom is -0.378 e. The van der Waals surface area contributed by atoms with Gasteiger partial charge in [-0.05, 0) is 56.8 Å². The summed E-state index contributed by atoms with van der Waals surface area (Å²) in [5.41, 5.74) is 0.980. The molecule has 0 amide bonds. The minimum atomic E-state index is -0.340. The molecule has 19 heavy (non-hydrogen) atoms. The molecule has 0 spiro atoms. The summed E-state index contributed by atoms with van der Waals surface area (Å²) in [6.45, 7) is 0.900. The zero-order valence-electron chi connectivity index (χ0n) is 11.3. The molecule has 1 aliphatic heterocycles. The van der Waals surface area contributed by atoms with Crippen molar-refractivity contribution in [3.05, 3.63) is 34.6 Å². The van der Waals surface area contributed by atoms with Crippen molar-refractivity contribution in [2.24, 2.45) is 0 Å². The van der Waals surface area contributed by atoms with Crippen molar-refractivity contribution >= 4 is 11.6 Å². The maximum atomic E-state index is 13.4. The number of halogens is 2. The molecule has 106 valence electrons. The lowest BCUT2D eigenvalue weighted by atomic mass is 9.99. The van der Waals surface area contributed by atoms with Crippen molar-refractivity contribution in [2.75, 3.05) is 13.7 Å². The summed E-state index contributed by atoms with van der Waals surface area (Å²) in [5, 5.41) is 3.48. The quantitative estimate of drug-likeness (QED) is 0.863. The average Bonchev–Trinajstić information content (AvgIpc) is 2.92. The van der Waals surface area contributed by atoms with Crippen molar-refractivity contribution in [1.82, 2.24) is 5.32 Å². The Morgan fingerprint density at radius 3 is 3.00 bits per heavy atom. The number of ether oxygens (including phenoxy) is 1. The van der Waals surface area contributed by atoms with Gasteiger partial charge in [-0.3, -0.25) is 0 Å². The number of likely N-dealkylation sites (N-methyl/N-ethyl adjacent to an activating group) is 1. The summed E-state index contributed by atoms with van der Waals surface area (Å²) in [6.07, 6.45) is 5.70. The molecular weight excluding hydrogens is 265 g/mol. The fourth-order valence-corrected chi connectivity index (χ4v) is 2.68. The van der Waals surface area contributed by atoms with Gasteiger partial charge >= 0.3 is 0 Å². The highest BCUT2D eigenvalue weighted by molar-refractivity contribution is 6.30. The lowest BCUT2D eigenvalue weighted by molar-refractivity contribution is 0.0998. The van der Waals surface area contributed by atoms with E-state index >= 15 is 0 Å². The molecule has 1 aromatic carbocycles. The fourth-order valence-electron chi connectivity index (χ4n) is 2.56. The van der Waals surface area contributed by atoms with E-state index in [1.54, 1.807) is 6.07 Å². The van der Waals surface area contributed by atoms with Crippen LogP contribution in [0.5, 0.6) is 0 Å². The zero-order chi connectivity index (χ0) is 13.7. The van der Waals surface area contributed by atoms with Gasteiger partial charge in [-0.15, -0.1) is 0 Å². The van der Waals surface area contributed by atoms with Gasteiger partial charge in [0.15, 0.2) is 0 Å². The van der Waals surface area contributed by atoms with Crippen LogP contribution >= 0.6 is 11.6 Å². The Hall–Kier alpha value is -0.640. The Morgan fingerprint density at radius 1 is 1.53 bits per heavy atom. The number of hydrogen-bond acceptors (Lipinski definition) is 2. The third-order valence-corrected chi connectivity index (χ3v) is 4.04. The molecular formula is C15H21ClFNO. The van der Waals surface area contributed by atoms with E-state index in [1.807, 2.05) is 13.1 Å². The van der Waals surface area contributed by atoms with E-state index in [0.29, 0.717) is 12.1 Å². The van der Waals surface area contributed by atoms with Crippen molar-refractivity contribution in [2.45, 2.75) is 44.2 Å². The lowest BCUT2D eigenvalue weighted by Crippen LogP contribution is -2.28. The number of benzene rings is 1. The molecule has 0 radical (unpaired) electrons. The Labute approximate surface area is 119 Å². The molecule has 1 fully saturated rings. The monoisotopic (exact) mass is 285 g/mol. The van der Waals surface area contributed by atoms with Gasteiger partial charge in [-0.1, -0.05) is 17.7 Å². The van der Waals surface area contributed by atoms with Gasteiger partial charge in [0.2, 0.25) is 0 Å². The second-order valence-electron chi connectivity index (χ2n) is 5.15. The first-order chi connectivity index (χ1) is 9.19. The molecule has 0 bridgehead atoms. The molecule has 1 N–H and O–H groups in total. The van der Waals surface area contributed by atoms with E-state index < -0.39 is 0 Å². The smallest absolute Gasteiger partial charge is 0.142 e. The van der Waals surface area contributed by atoms with Gasteiger partial charge in [-0.2, -0.15) is 0 Å². The van der Waals surface area contributed by atoms with Crippen LogP contribution in [0.3, 0.4) is 0 Å². The molecule has 0 aromatic heterocycles. The van der Waals surface area contributed by atoms with Gasteiger partial charge in [0.1, 0.15) is 5.82 Å². The summed E-state index contributed by atoms with van der Waals surface area (Å²) in [6, 6.07) is 5.39. The predicted octanol–water partition coefficient (Wildman–Crippen LogP) is 3.57. The Morgan fingerprint density at radius 2 is 2.37 bits per heavy atom. The molecule has 4 heteroatoms. The highest BCUT2D eigenvalue weighted by Crippen LogP contribution is 2.20. The van der Waals surface area contributed by atoms with Crippen LogP contribution in [-0.2, 0) is 11.2 Å². The van der Waals surface area contributed by atoms with Crippen molar-refractivity contribution in [3.63, 3.8) is 0 Å². The molecule has 1 aromatic rings. The highest BCUT2D eigenvalue weighted by Gasteiger charge is 2.17. The average molecular weight is 286 g/mol. The third kappa shape index (κ3) is 4.44. The first-order valence-electron chi connectivity index (χ1n) is 6.92. The van der Waals surface area contributed by atoms with Gasteiger partial charge in [0, 0.05) is 12.6 Å². The van der Waals surface area contributed by atoms with Crippen molar-refractivity contribution in [3.8, 4) is 0 Å². The largest absolute Gasteiger partial charge is 0.378 e. The number of nitrogens with one attached hydrogen (secondary N) is 1. The van der Waals surface area contributed by atoms with Crippen LogP contribution in [0.15, 0.2) is 18.2 Å². The zero-order valence-corrected chi connectivity index (χ0v) is 12.0. The van der Waals surface area contributed by atoms with Crippen LogP contribution < -0.4 is 5.32 Å². The third-order valence-electron chi connectivity index (χ3n) is 3.74. The first-order valence-corrected chi connectivity index (χ1v) is 7.29. The molecule has 1 saturated heterocycles. The van der Waals surface area contributed by atoms with E-state index in [4.69, 9.17) is 16.3 Å². The Balaban J connectivity index is 1.85. The standard InChI is InChI=1S/C15H21ClFNO/c1-18-12(5-6-13-3-2-8-19-13)9-11-4-7-14(16)15(17)10-11/h4,7,10,12-13,18H,2-3,5-6,8-9H2,1H3. The van der Waals surface area contributed by atoms with Crippen LogP contribution in [0.2, 0.25) is 5.02 Å². The number of rotatable bonds is 6. The summed E-state index contributed by atoms with van der Waals surface area (Å²) in [4.78, 5) is 0. The van der Waals surface area contributed by atoms with Crippen molar-refractivity contribution < 1.29 is 9.13 Å². The molecule has 2 rings (SSSR count). The normalized spacial score (nSPS) is 20.7. The second-order valence-corrected chi connectivity index (χ2v) is 5.56. The molecule has 0 aliphatic carbocycles. The summed E-state index contributed by atoms with van der Waals surface area (Å²) >= 11 is 5.69. The number of hydrogen-bond donors (Lipinski definition) is 1. The van der Waals surface area contributed by atoms with E-state index in [1.165, 1.54) is 18.9 Å². The maximum Gasteiger partial charge on any atom is 0.142 e. The van der Waals surface area contributed by atoms with Gasteiger partial charge < -0.3 is 10.1 Å². The van der Waals surface area contributed by atoms with E-state index in [2.05, 4.69) is 5.32 Å². The molecule has 1 aliphatic rings. The van der Waals surface area contributed by atoms with E-state index in [0.717, 1.165) is 31.4 Å². The first kappa shape index (κ1) is 14.8. The summed E-state index contributed by atoms with van der Waals surface area (Å²) in [7, 11) is 1.95. The van der Waals surface area contributed by atoms with E-state index in [9.17, 15) is 4.39 Å². The topological polar surface area (TPSA) is 21.3 Å². The van der Waals surface area contributed by atoms with Gasteiger partial charge in [-0.25, -0.2) is 4.39 Å². The summed E-state index contributed by atoms with van der Waals surface area (Å²) in [5.74, 6) is -0.340. The van der Waals surface area contributed by atoms with Gasteiger partial charge in [0.25, 0.3) is 0 Å². The fraction of sp³-hybridized carbons (Fsp3) is 0.600. The second kappa shape index (κ2) is 7.22. The van der Waals surface area contributed by atoms with E-state index in [-0.39, 0.29) is 10.8 Å². The summed E-state index contributed by atoms with van der Waals surface area (Å²) < 4.78 is 19.0. The van der Waals surface area contributed by atoms with Crippen LogP contribution in [0.4, 0.5) is 4.39 Å². The molecule has 0 saturated carbocycles. The Bertz CT molecular complexity index is 407. The SMILES string of the molecule is CNC(CCC1CCCO1)Cc1ccc(Cl)c(F)c1.